The second-order valence-corrected chi connectivity index (χ2v) is 7.29. The predicted octanol–water partition coefficient (Wildman–Crippen LogP) is 2.61. The molecule has 2 rings (SSSR count). The van der Waals surface area contributed by atoms with Crippen molar-refractivity contribution in [2.45, 2.75) is 55.5 Å². The third kappa shape index (κ3) is 6.67. The lowest BCUT2D eigenvalue weighted by Gasteiger charge is -2.43. The van der Waals surface area contributed by atoms with Crippen molar-refractivity contribution in [1.29, 1.82) is 0 Å². The first-order chi connectivity index (χ1) is 13.8. The molecule has 1 aliphatic heterocycles. The van der Waals surface area contributed by atoms with E-state index >= 15 is 0 Å². The average Bonchev–Trinajstić information content (AvgIpc) is 2.65. The van der Waals surface area contributed by atoms with Crippen LogP contribution >= 0.6 is 11.8 Å². The number of rotatable bonds is 7. The van der Waals surface area contributed by atoms with E-state index in [0.717, 1.165) is 4.90 Å². The van der Waals surface area contributed by atoms with Crippen LogP contribution in [0.2, 0.25) is 0 Å². The number of nitrogens with zero attached hydrogens (tertiary/aromatic N) is 3. The molecule has 156 valence electrons. The first-order valence-electron chi connectivity index (χ1n) is 8.71. The molecule has 1 aromatic carbocycles. The number of esters is 3. The maximum Gasteiger partial charge on any atom is 0.303 e. The Balaban J connectivity index is 2.41. The van der Waals surface area contributed by atoms with Gasteiger partial charge in [-0.15, -0.1) is 0 Å². The number of thioether (sulfide) groups is 1. The molecular formula is C18H21N3O7S. The molecule has 29 heavy (non-hydrogen) atoms. The predicted molar refractivity (Wildman–Crippen MR) is 102 cm³/mol. The van der Waals surface area contributed by atoms with Crippen molar-refractivity contribution in [2.24, 2.45) is 5.11 Å². The fourth-order valence-electron chi connectivity index (χ4n) is 2.80. The van der Waals surface area contributed by atoms with Gasteiger partial charge in [0.15, 0.2) is 12.2 Å². The van der Waals surface area contributed by atoms with Gasteiger partial charge in [0.2, 0.25) is 0 Å². The monoisotopic (exact) mass is 423 g/mol. The highest BCUT2D eigenvalue weighted by Gasteiger charge is 2.50. The summed E-state index contributed by atoms with van der Waals surface area (Å²) < 4.78 is 21.7. The van der Waals surface area contributed by atoms with E-state index in [1.165, 1.54) is 32.5 Å². The molecule has 0 radical (unpaired) electrons. The average molecular weight is 423 g/mol. The number of hydrogen-bond acceptors (Lipinski definition) is 9. The topological polar surface area (TPSA) is 137 Å². The third-order valence-corrected chi connectivity index (χ3v) is 5.02. The van der Waals surface area contributed by atoms with Gasteiger partial charge < -0.3 is 18.9 Å². The van der Waals surface area contributed by atoms with Gasteiger partial charge >= 0.3 is 17.9 Å². The van der Waals surface area contributed by atoms with Crippen molar-refractivity contribution in [2.75, 3.05) is 6.61 Å². The van der Waals surface area contributed by atoms with E-state index in [1.54, 1.807) is 0 Å². The molecule has 1 aromatic rings. The maximum absolute atomic E-state index is 11.7. The minimum Gasteiger partial charge on any atom is -0.463 e. The molecule has 0 bridgehead atoms. The van der Waals surface area contributed by atoms with Crippen molar-refractivity contribution >= 4 is 29.7 Å². The first kappa shape index (κ1) is 22.5. The Morgan fingerprint density at radius 3 is 2.24 bits per heavy atom. The summed E-state index contributed by atoms with van der Waals surface area (Å²) in [7, 11) is 0. The van der Waals surface area contributed by atoms with E-state index in [2.05, 4.69) is 10.0 Å². The summed E-state index contributed by atoms with van der Waals surface area (Å²) in [5.74, 6) is -1.86. The molecule has 0 aliphatic carbocycles. The van der Waals surface area contributed by atoms with Gasteiger partial charge in [-0.1, -0.05) is 35.1 Å². The lowest BCUT2D eigenvalue weighted by atomic mass is 9.98. The molecule has 1 heterocycles. The summed E-state index contributed by atoms with van der Waals surface area (Å²) in [6, 6.07) is 8.18. The lowest BCUT2D eigenvalue weighted by molar-refractivity contribution is -0.208. The van der Waals surface area contributed by atoms with E-state index in [4.69, 9.17) is 24.5 Å². The maximum atomic E-state index is 11.7. The smallest absolute Gasteiger partial charge is 0.303 e. The molecule has 0 spiro atoms. The minimum absolute atomic E-state index is 0.236. The number of hydrogen-bond donors (Lipinski definition) is 0. The minimum atomic E-state index is -1.13. The fraction of sp³-hybridized carbons (Fsp3) is 0.500. The summed E-state index contributed by atoms with van der Waals surface area (Å²) in [6.07, 6.45) is -3.18. The Bertz CT molecular complexity index is 785. The quantitative estimate of drug-likeness (QED) is 0.214. The van der Waals surface area contributed by atoms with E-state index in [1.807, 2.05) is 30.3 Å². The van der Waals surface area contributed by atoms with Crippen LogP contribution < -0.4 is 0 Å². The Labute approximate surface area is 171 Å². The van der Waals surface area contributed by atoms with Crippen molar-refractivity contribution in [3.8, 4) is 0 Å². The molecule has 0 saturated carbocycles. The molecule has 1 aliphatic rings. The van der Waals surface area contributed by atoms with E-state index in [0.29, 0.717) is 0 Å². The van der Waals surface area contributed by atoms with Crippen LogP contribution in [0.1, 0.15) is 20.8 Å². The van der Waals surface area contributed by atoms with Crippen LogP contribution in [-0.4, -0.2) is 54.3 Å². The van der Waals surface area contributed by atoms with Crippen molar-refractivity contribution in [3.63, 3.8) is 0 Å². The van der Waals surface area contributed by atoms with Crippen LogP contribution in [0.3, 0.4) is 0 Å². The molecule has 5 atom stereocenters. The third-order valence-electron chi connectivity index (χ3n) is 3.85. The number of carbonyl (C=O) groups excluding carboxylic acids is 3. The Kier molecular flexibility index (Phi) is 8.32. The molecule has 0 N–H and O–H groups in total. The summed E-state index contributed by atoms with van der Waals surface area (Å²) in [5, 5.41) is 3.74. The van der Waals surface area contributed by atoms with Crippen molar-refractivity contribution in [1.82, 2.24) is 0 Å². The molecule has 0 unspecified atom stereocenters. The Morgan fingerprint density at radius 1 is 1.07 bits per heavy atom. The summed E-state index contributed by atoms with van der Waals surface area (Å²) in [6.45, 7) is 3.36. The Hall–Kier alpha value is -2.75. The van der Waals surface area contributed by atoms with E-state index in [-0.39, 0.29) is 6.61 Å². The van der Waals surface area contributed by atoms with Gasteiger partial charge in [0.05, 0.1) is 0 Å². The molecule has 11 heteroatoms. The van der Waals surface area contributed by atoms with Crippen LogP contribution in [-0.2, 0) is 33.3 Å². The number of ether oxygens (including phenoxy) is 4. The van der Waals surface area contributed by atoms with Gasteiger partial charge in [-0.3, -0.25) is 14.4 Å². The van der Waals surface area contributed by atoms with Crippen molar-refractivity contribution in [3.05, 3.63) is 40.8 Å². The number of azide groups is 1. The molecule has 1 fully saturated rings. The highest BCUT2D eigenvalue weighted by atomic mass is 32.2. The summed E-state index contributed by atoms with van der Waals surface area (Å²) in [4.78, 5) is 38.3. The van der Waals surface area contributed by atoms with Crippen LogP contribution in [0.4, 0.5) is 0 Å². The number of carbonyl (C=O) groups is 3. The van der Waals surface area contributed by atoms with Gasteiger partial charge in [0, 0.05) is 30.6 Å². The van der Waals surface area contributed by atoms with Gasteiger partial charge in [0.25, 0.3) is 0 Å². The van der Waals surface area contributed by atoms with Crippen LogP contribution in [0.5, 0.6) is 0 Å². The van der Waals surface area contributed by atoms with Gasteiger partial charge in [-0.05, 0) is 17.7 Å². The van der Waals surface area contributed by atoms with E-state index < -0.39 is 47.7 Å². The SMILES string of the molecule is CC(=O)OC[C@H]1O[C@H](Sc2ccccc2)[C@@H](N=[N+]=[N-])[C@@H](OC(C)=O)[C@@H]1OC(C)=O. The van der Waals surface area contributed by atoms with Crippen molar-refractivity contribution < 1.29 is 33.3 Å². The van der Waals surface area contributed by atoms with Gasteiger partial charge in [-0.2, -0.15) is 0 Å². The first-order valence-corrected chi connectivity index (χ1v) is 9.59. The lowest BCUT2D eigenvalue weighted by Crippen LogP contribution is -2.59. The second-order valence-electron chi connectivity index (χ2n) is 6.12. The standard InChI is InChI=1S/C18H21N3O7S/c1-10(22)25-9-14-16(26-11(2)23)17(27-12(3)24)15(20-21-19)18(28-14)29-13-7-5-4-6-8-13/h4-8,14-18H,9H2,1-3H3/t14-,15+,16-,17-,18-/m1/s1. The normalized spacial score (nSPS) is 26.0. The molecule has 10 nitrogen and oxygen atoms in total. The van der Waals surface area contributed by atoms with Crippen LogP contribution in [0.25, 0.3) is 10.4 Å². The Morgan fingerprint density at radius 2 is 1.69 bits per heavy atom. The van der Waals surface area contributed by atoms with Gasteiger partial charge in [0.1, 0.15) is 24.2 Å². The second kappa shape index (κ2) is 10.7. The summed E-state index contributed by atoms with van der Waals surface area (Å²) >= 11 is 1.24. The summed E-state index contributed by atoms with van der Waals surface area (Å²) in [5.41, 5.74) is 8.25. The zero-order valence-electron chi connectivity index (χ0n) is 16.1. The molecule has 0 amide bonds. The van der Waals surface area contributed by atoms with Crippen LogP contribution in [0, 0.1) is 0 Å². The van der Waals surface area contributed by atoms with Gasteiger partial charge in [-0.25, -0.2) is 0 Å². The van der Waals surface area contributed by atoms with Crippen LogP contribution in [0.15, 0.2) is 40.3 Å². The van der Waals surface area contributed by atoms with E-state index in [9.17, 15) is 14.4 Å². The zero-order valence-corrected chi connectivity index (χ0v) is 16.9. The zero-order chi connectivity index (χ0) is 21.4. The highest BCUT2D eigenvalue weighted by molar-refractivity contribution is 7.99. The molecule has 1 saturated heterocycles. The molecule has 0 aromatic heterocycles. The molecular weight excluding hydrogens is 402 g/mol. The number of benzene rings is 1. The largest absolute Gasteiger partial charge is 0.463 e. The fourth-order valence-corrected chi connectivity index (χ4v) is 3.93. The highest BCUT2D eigenvalue weighted by Crippen LogP contribution is 2.37.